The summed E-state index contributed by atoms with van der Waals surface area (Å²) in [5.41, 5.74) is 6.18. The van der Waals surface area contributed by atoms with Gasteiger partial charge in [0.15, 0.2) is 0 Å². The van der Waals surface area contributed by atoms with E-state index >= 15 is 0 Å². The molecule has 0 aliphatic rings. The Labute approximate surface area is 241 Å². The minimum absolute atomic E-state index is 0.0105. The second kappa shape index (κ2) is 12.2. The number of ether oxygens (including phenoxy) is 1. The molecule has 0 aliphatic carbocycles. The number of anilines is 2. The average molecular weight is 596 g/mol. The van der Waals surface area contributed by atoms with Crippen LogP contribution in [0.15, 0.2) is 82.8 Å². The van der Waals surface area contributed by atoms with Crippen LogP contribution >= 0.6 is 11.6 Å². The number of sulfonamides is 1. The van der Waals surface area contributed by atoms with E-state index in [2.05, 4.69) is 15.2 Å². The van der Waals surface area contributed by atoms with E-state index in [9.17, 15) is 23.3 Å². The van der Waals surface area contributed by atoms with Gasteiger partial charge in [-0.05, 0) is 81.4 Å². The summed E-state index contributed by atoms with van der Waals surface area (Å²) in [7, 11) is -4.12. The SMILES string of the molecule is CCOC(=O)c1ccc(-n2c(C)cc(C=NNc3ccc(S(=O)(=O)Nc4cccc(Cl)c4)cc3[N+](=O)[O-])c2C)cc1. The number of nitro groups is 1. The van der Waals surface area contributed by atoms with E-state index in [1.807, 2.05) is 36.6 Å². The van der Waals surface area contributed by atoms with Gasteiger partial charge >= 0.3 is 5.97 Å². The number of nitrogens with one attached hydrogen (secondary N) is 2. The second-order valence-corrected chi connectivity index (χ2v) is 11.0. The van der Waals surface area contributed by atoms with Gasteiger partial charge in [-0.25, -0.2) is 13.2 Å². The predicted octanol–water partition coefficient (Wildman–Crippen LogP) is 6.08. The minimum Gasteiger partial charge on any atom is -0.462 e. The Kier molecular flexibility index (Phi) is 8.74. The Balaban J connectivity index is 1.54. The molecule has 0 radical (unpaired) electrons. The van der Waals surface area contributed by atoms with Crippen LogP contribution in [0.5, 0.6) is 0 Å². The molecule has 41 heavy (non-hydrogen) atoms. The van der Waals surface area contributed by atoms with Crippen LogP contribution in [-0.4, -0.2) is 36.7 Å². The highest BCUT2D eigenvalue weighted by molar-refractivity contribution is 7.92. The Morgan fingerprint density at radius 1 is 1.10 bits per heavy atom. The van der Waals surface area contributed by atoms with Crippen LogP contribution in [0.2, 0.25) is 5.02 Å². The number of nitro benzene ring substituents is 1. The monoisotopic (exact) mass is 595 g/mol. The summed E-state index contributed by atoms with van der Waals surface area (Å²) in [6, 6.07) is 18.5. The first kappa shape index (κ1) is 29.3. The van der Waals surface area contributed by atoms with Crippen molar-refractivity contribution < 1.29 is 22.9 Å². The lowest BCUT2D eigenvalue weighted by Gasteiger charge is -2.10. The Morgan fingerprint density at radius 3 is 2.49 bits per heavy atom. The number of halogens is 1. The van der Waals surface area contributed by atoms with Crippen LogP contribution in [0, 0.1) is 24.0 Å². The van der Waals surface area contributed by atoms with Crippen LogP contribution in [-0.2, 0) is 14.8 Å². The molecule has 0 bridgehead atoms. The summed E-state index contributed by atoms with van der Waals surface area (Å²) in [5.74, 6) is -0.393. The highest BCUT2D eigenvalue weighted by Gasteiger charge is 2.22. The van der Waals surface area contributed by atoms with E-state index in [0.717, 1.165) is 28.7 Å². The number of aryl methyl sites for hydroxylation is 1. The van der Waals surface area contributed by atoms with E-state index in [4.69, 9.17) is 16.3 Å². The summed E-state index contributed by atoms with van der Waals surface area (Å²) in [6.07, 6.45) is 1.51. The van der Waals surface area contributed by atoms with Gasteiger partial charge in [0, 0.05) is 33.7 Å². The van der Waals surface area contributed by atoms with Crippen molar-refractivity contribution in [2.75, 3.05) is 16.8 Å². The van der Waals surface area contributed by atoms with E-state index in [1.54, 1.807) is 31.2 Å². The van der Waals surface area contributed by atoms with Crippen LogP contribution in [0.3, 0.4) is 0 Å². The van der Waals surface area contributed by atoms with Gasteiger partial charge in [0.2, 0.25) is 0 Å². The molecule has 0 amide bonds. The van der Waals surface area contributed by atoms with Crippen molar-refractivity contribution in [2.45, 2.75) is 25.7 Å². The molecule has 0 atom stereocenters. The van der Waals surface area contributed by atoms with E-state index < -0.39 is 26.6 Å². The number of aromatic nitrogens is 1. The van der Waals surface area contributed by atoms with Crippen molar-refractivity contribution in [3.8, 4) is 5.69 Å². The number of carbonyl (C=O) groups excluding carboxylic acids is 1. The molecule has 0 fully saturated rings. The Hall–Kier alpha value is -4.68. The van der Waals surface area contributed by atoms with Crippen molar-refractivity contribution in [3.63, 3.8) is 0 Å². The molecule has 4 rings (SSSR count). The summed E-state index contributed by atoms with van der Waals surface area (Å²) in [4.78, 5) is 22.7. The van der Waals surface area contributed by atoms with E-state index in [1.165, 1.54) is 30.5 Å². The number of nitrogens with zero attached hydrogens (tertiary/aromatic N) is 3. The number of hydrogen-bond donors (Lipinski definition) is 2. The first-order chi connectivity index (χ1) is 19.5. The van der Waals surface area contributed by atoms with Crippen molar-refractivity contribution >= 4 is 50.9 Å². The molecular weight excluding hydrogens is 570 g/mol. The molecule has 0 aliphatic heterocycles. The highest BCUT2D eigenvalue weighted by Crippen LogP contribution is 2.29. The molecule has 13 heteroatoms. The van der Waals surface area contributed by atoms with Gasteiger partial charge in [-0.2, -0.15) is 5.10 Å². The summed E-state index contributed by atoms with van der Waals surface area (Å²) in [6.45, 7) is 5.85. The average Bonchev–Trinajstić information content (AvgIpc) is 3.21. The Morgan fingerprint density at radius 2 is 1.83 bits per heavy atom. The molecule has 0 saturated carbocycles. The van der Waals surface area contributed by atoms with Gasteiger partial charge in [-0.15, -0.1) is 0 Å². The zero-order chi connectivity index (χ0) is 29.7. The fraction of sp³-hybridized carbons (Fsp3) is 0.143. The molecular formula is C28H26ClN5O6S. The topological polar surface area (TPSA) is 145 Å². The van der Waals surface area contributed by atoms with Crippen LogP contribution < -0.4 is 10.1 Å². The maximum Gasteiger partial charge on any atom is 0.338 e. The normalized spacial score (nSPS) is 11.4. The summed E-state index contributed by atoms with van der Waals surface area (Å²) >= 11 is 5.91. The lowest BCUT2D eigenvalue weighted by molar-refractivity contribution is -0.384. The number of hydrazone groups is 1. The van der Waals surface area contributed by atoms with E-state index in [-0.39, 0.29) is 16.3 Å². The van der Waals surface area contributed by atoms with Gasteiger partial charge < -0.3 is 9.30 Å². The highest BCUT2D eigenvalue weighted by atomic mass is 35.5. The lowest BCUT2D eigenvalue weighted by atomic mass is 10.2. The van der Waals surface area contributed by atoms with E-state index in [0.29, 0.717) is 17.2 Å². The first-order valence-electron chi connectivity index (χ1n) is 12.3. The predicted molar refractivity (Wildman–Crippen MR) is 158 cm³/mol. The minimum atomic E-state index is -4.12. The van der Waals surface area contributed by atoms with Crippen LogP contribution in [0.4, 0.5) is 17.1 Å². The third-order valence-corrected chi connectivity index (χ3v) is 7.66. The van der Waals surface area contributed by atoms with Crippen molar-refractivity contribution in [1.82, 2.24) is 4.57 Å². The number of hydrogen-bond acceptors (Lipinski definition) is 8. The van der Waals surface area contributed by atoms with Gasteiger partial charge in [0.1, 0.15) is 5.69 Å². The zero-order valence-corrected chi connectivity index (χ0v) is 23.9. The number of esters is 1. The first-order valence-corrected chi connectivity index (χ1v) is 14.2. The zero-order valence-electron chi connectivity index (χ0n) is 22.3. The molecule has 0 spiro atoms. The van der Waals surface area contributed by atoms with Crippen molar-refractivity contribution in [2.24, 2.45) is 5.10 Å². The molecule has 1 heterocycles. The molecule has 1 aromatic heterocycles. The Bertz CT molecular complexity index is 1750. The fourth-order valence-corrected chi connectivity index (χ4v) is 5.40. The molecule has 0 saturated heterocycles. The molecule has 0 unspecified atom stereocenters. The molecule has 3 aromatic carbocycles. The second-order valence-electron chi connectivity index (χ2n) is 8.85. The van der Waals surface area contributed by atoms with Crippen molar-refractivity contribution in [3.05, 3.63) is 110 Å². The number of rotatable bonds is 10. The smallest absolute Gasteiger partial charge is 0.338 e. The van der Waals surface area contributed by atoms with Crippen molar-refractivity contribution in [1.29, 1.82) is 0 Å². The van der Waals surface area contributed by atoms with Gasteiger partial charge in [-0.1, -0.05) is 17.7 Å². The third kappa shape index (κ3) is 6.73. The maximum atomic E-state index is 12.8. The quantitative estimate of drug-likeness (QED) is 0.0978. The number of carbonyl (C=O) groups is 1. The molecule has 11 nitrogen and oxygen atoms in total. The molecule has 4 aromatic rings. The maximum absolute atomic E-state index is 12.8. The lowest BCUT2D eigenvalue weighted by Crippen LogP contribution is -2.13. The van der Waals surface area contributed by atoms with Crippen LogP contribution in [0.25, 0.3) is 5.69 Å². The summed E-state index contributed by atoms with van der Waals surface area (Å²) < 4.78 is 35.0. The van der Waals surface area contributed by atoms with Gasteiger partial charge in [-0.3, -0.25) is 20.3 Å². The fourth-order valence-electron chi connectivity index (χ4n) is 4.14. The molecule has 2 N–H and O–H groups in total. The largest absolute Gasteiger partial charge is 0.462 e. The third-order valence-electron chi connectivity index (χ3n) is 6.05. The molecule has 212 valence electrons. The van der Waals surface area contributed by atoms with Gasteiger partial charge in [0.05, 0.1) is 33.9 Å². The van der Waals surface area contributed by atoms with Crippen LogP contribution in [0.1, 0.15) is 34.2 Å². The van der Waals surface area contributed by atoms with Gasteiger partial charge in [0.25, 0.3) is 15.7 Å². The number of benzene rings is 3. The summed E-state index contributed by atoms with van der Waals surface area (Å²) in [5, 5.41) is 16.2. The standard InChI is InChI=1S/C28H26ClN5O6S/c1-4-40-28(35)20-8-10-24(11-9-20)33-18(2)14-21(19(33)3)17-30-31-26-13-12-25(16-27(26)34(36)37)41(38,39)32-23-7-5-6-22(29)15-23/h5-17,31-32H,4H2,1-3H3.